The molecule has 0 bridgehead atoms. The number of benzene rings is 2. The van der Waals surface area contributed by atoms with Gasteiger partial charge in [0.05, 0.1) is 17.3 Å². The predicted molar refractivity (Wildman–Crippen MR) is 132 cm³/mol. The molecule has 2 N–H and O–H groups in total. The molecule has 1 aliphatic carbocycles. The maximum Gasteiger partial charge on any atom is 0.322 e. The molecule has 10 heteroatoms. The van der Waals surface area contributed by atoms with E-state index in [4.69, 9.17) is 16.3 Å². The molecule has 1 aromatic heterocycles. The van der Waals surface area contributed by atoms with Gasteiger partial charge in [0, 0.05) is 29.0 Å². The largest absolute Gasteiger partial charge is 0.461 e. The lowest BCUT2D eigenvalue weighted by Gasteiger charge is -2.16. The first-order valence-corrected chi connectivity index (χ1v) is 11.3. The molecule has 2 atom stereocenters. The summed E-state index contributed by atoms with van der Waals surface area (Å²) in [6.45, 7) is 3.34. The van der Waals surface area contributed by atoms with E-state index in [2.05, 4.69) is 17.2 Å². The summed E-state index contributed by atoms with van der Waals surface area (Å²) in [5.74, 6) is -4.20. The summed E-state index contributed by atoms with van der Waals surface area (Å²) in [6, 6.07) is 14.6. The molecular formula is C26H21ClFN3O5. The number of pyridine rings is 1. The Labute approximate surface area is 210 Å². The van der Waals surface area contributed by atoms with Gasteiger partial charge in [-0.3, -0.25) is 23.7 Å². The van der Waals surface area contributed by atoms with Gasteiger partial charge in [-0.05, 0) is 48.9 Å². The molecule has 1 fully saturated rings. The van der Waals surface area contributed by atoms with E-state index in [-0.39, 0.29) is 30.0 Å². The van der Waals surface area contributed by atoms with Crippen molar-refractivity contribution < 1.29 is 23.5 Å². The molecular weight excluding hydrogens is 489 g/mol. The lowest BCUT2D eigenvalue weighted by atomic mass is 10.0. The molecule has 2 unspecified atom stereocenters. The minimum Gasteiger partial charge on any atom is -0.461 e. The number of carbonyl (C=O) groups is 3. The number of esters is 1. The smallest absolute Gasteiger partial charge is 0.322 e. The zero-order valence-electron chi connectivity index (χ0n) is 18.9. The van der Waals surface area contributed by atoms with Gasteiger partial charge in [-0.15, -0.1) is 0 Å². The molecule has 2 aromatic carbocycles. The summed E-state index contributed by atoms with van der Waals surface area (Å²) in [5.41, 5.74) is -1.64. The fourth-order valence-electron chi connectivity index (χ4n) is 3.80. The van der Waals surface area contributed by atoms with E-state index < -0.39 is 34.9 Å². The second kappa shape index (κ2) is 10.2. The zero-order chi connectivity index (χ0) is 25.9. The first kappa shape index (κ1) is 24.9. The van der Waals surface area contributed by atoms with Crippen molar-refractivity contribution in [1.29, 1.82) is 0 Å². The van der Waals surface area contributed by atoms with Gasteiger partial charge in [0.25, 0.3) is 5.56 Å². The van der Waals surface area contributed by atoms with Crippen molar-refractivity contribution >= 4 is 40.8 Å². The van der Waals surface area contributed by atoms with Crippen LogP contribution < -0.4 is 16.2 Å². The van der Waals surface area contributed by atoms with Crippen LogP contribution in [0.15, 0.2) is 84.3 Å². The summed E-state index contributed by atoms with van der Waals surface area (Å²) in [4.78, 5) is 50.9. The summed E-state index contributed by atoms with van der Waals surface area (Å²) in [5, 5.41) is 5.50. The van der Waals surface area contributed by atoms with E-state index in [1.54, 1.807) is 36.4 Å². The molecule has 1 aliphatic rings. The van der Waals surface area contributed by atoms with Crippen molar-refractivity contribution in [3.05, 3.63) is 101 Å². The Morgan fingerprint density at radius 2 is 1.89 bits per heavy atom. The molecule has 1 heterocycles. The average molecular weight is 510 g/mol. The lowest BCUT2D eigenvalue weighted by Crippen LogP contribution is -2.37. The third-order valence-corrected chi connectivity index (χ3v) is 6.04. The minimum absolute atomic E-state index is 0.118. The van der Waals surface area contributed by atoms with Gasteiger partial charge in [0.2, 0.25) is 11.8 Å². The van der Waals surface area contributed by atoms with Crippen LogP contribution in [-0.2, 0) is 19.1 Å². The number of nitrogens with zero attached hydrogens (tertiary/aromatic N) is 1. The molecule has 2 amide bonds. The molecule has 36 heavy (non-hydrogen) atoms. The quantitative estimate of drug-likeness (QED) is 0.272. The highest BCUT2D eigenvalue weighted by Gasteiger charge is 2.70. The second-order valence-electron chi connectivity index (χ2n) is 8.14. The highest BCUT2D eigenvalue weighted by molar-refractivity contribution is 6.30. The highest BCUT2D eigenvalue weighted by atomic mass is 35.5. The van der Waals surface area contributed by atoms with E-state index >= 15 is 0 Å². The third kappa shape index (κ3) is 4.92. The minimum atomic E-state index is -1.78. The van der Waals surface area contributed by atoms with Gasteiger partial charge in [-0.25, -0.2) is 4.39 Å². The second-order valence-corrected chi connectivity index (χ2v) is 8.57. The Bertz CT molecular complexity index is 1410. The molecule has 1 saturated carbocycles. The number of nitrogens with one attached hydrogen (secondary N) is 2. The standard InChI is InChI=1S/C26H21ClFN3O5/c1-2-13-36-25(35)26(24(34)29-17-8-6-16(27)7-9-17)15-19(26)23(33)30-21-11-10-18(14-20(21)28)31-12-4-3-5-22(31)32/h2-12,14,19H,1,13,15H2,(H,29,34)(H,30,33). The van der Waals surface area contributed by atoms with Crippen LogP contribution in [0, 0.1) is 17.2 Å². The van der Waals surface area contributed by atoms with Gasteiger partial charge >= 0.3 is 5.97 Å². The number of aromatic nitrogens is 1. The first-order valence-electron chi connectivity index (χ1n) is 10.9. The number of halogens is 2. The number of hydrogen-bond donors (Lipinski definition) is 2. The maximum absolute atomic E-state index is 14.8. The molecule has 8 nitrogen and oxygen atoms in total. The summed E-state index contributed by atoms with van der Waals surface area (Å²) < 4.78 is 21.1. The molecule has 3 aromatic rings. The van der Waals surface area contributed by atoms with Gasteiger partial charge in [-0.1, -0.05) is 30.3 Å². The van der Waals surface area contributed by atoms with Crippen molar-refractivity contribution in [3.63, 3.8) is 0 Å². The van der Waals surface area contributed by atoms with Gasteiger partial charge < -0.3 is 15.4 Å². The van der Waals surface area contributed by atoms with Crippen LogP contribution in [0.3, 0.4) is 0 Å². The molecule has 0 saturated heterocycles. The average Bonchev–Trinajstić information content (AvgIpc) is 3.63. The van der Waals surface area contributed by atoms with Crippen LogP contribution in [0.5, 0.6) is 0 Å². The van der Waals surface area contributed by atoms with Crippen LogP contribution in [0.1, 0.15) is 6.42 Å². The third-order valence-electron chi connectivity index (χ3n) is 5.79. The Hall–Kier alpha value is -4.24. The normalized spacial score (nSPS) is 18.1. The van der Waals surface area contributed by atoms with Gasteiger partial charge in [0.15, 0.2) is 5.41 Å². The monoisotopic (exact) mass is 509 g/mol. The Balaban J connectivity index is 1.53. The van der Waals surface area contributed by atoms with E-state index in [1.807, 2.05) is 0 Å². The molecule has 0 aliphatic heterocycles. The SMILES string of the molecule is C=CCOC(=O)C1(C(=O)Nc2ccc(Cl)cc2)CC1C(=O)Nc1ccc(-n2ccccc2=O)cc1F. The van der Waals surface area contributed by atoms with Crippen molar-refractivity contribution in [2.24, 2.45) is 11.3 Å². The Morgan fingerprint density at radius 1 is 1.14 bits per heavy atom. The van der Waals surface area contributed by atoms with Crippen LogP contribution in [0.2, 0.25) is 5.02 Å². The van der Waals surface area contributed by atoms with E-state index in [1.165, 1.54) is 35.0 Å². The fourth-order valence-corrected chi connectivity index (χ4v) is 3.93. The molecule has 0 spiro atoms. The van der Waals surface area contributed by atoms with Gasteiger partial charge in [0.1, 0.15) is 12.4 Å². The van der Waals surface area contributed by atoms with Crippen molar-refractivity contribution in [2.45, 2.75) is 6.42 Å². The Kier molecular flexibility index (Phi) is 7.03. The van der Waals surface area contributed by atoms with E-state index in [0.29, 0.717) is 10.7 Å². The number of amides is 2. The van der Waals surface area contributed by atoms with Crippen LogP contribution in [-0.4, -0.2) is 29.0 Å². The maximum atomic E-state index is 14.8. The first-order chi connectivity index (χ1) is 17.3. The number of anilines is 2. The summed E-state index contributed by atoms with van der Waals surface area (Å²) in [7, 11) is 0. The Morgan fingerprint density at radius 3 is 2.56 bits per heavy atom. The lowest BCUT2D eigenvalue weighted by molar-refractivity contribution is -0.154. The van der Waals surface area contributed by atoms with Crippen LogP contribution in [0.4, 0.5) is 15.8 Å². The number of rotatable bonds is 8. The number of carbonyl (C=O) groups excluding carboxylic acids is 3. The van der Waals surface area contributed by atoms with Crippen molar-refractivity contribution in [3.8, 4) is 5.69 Å². The predicted octanol–water partition coefficient (Wildman–Crippen LogP) is 3.94. The summed E-state index contributed by atoms with van der Waals surface area (Å²) >= 11 is 5.87. The molecule has 184 valence electrons. The number of hydrogen-bond acceptors (Lipinski definition) is 5. The van der Waals surface area contributed by atoms with E-state index in [0.717, 1.165) is 6.07 Å². The fraction of sp³-hybridized carbons (Fsp3) is 0.154. The van der Waals surface area contributed by atoms with Crippen molar-refractivity contribution in [2.75, 3.05) is 17.2 Å². The van der Waals surface area contributed by atoms with Crippen molar-refractivity contribution in [1.82, 2.24) is 4.57 Å². The summed E-state index contributed by atoms with van der Waals surface area (Å²) in [6.07, 6.45) is 2.71. The molecule has 0 radical (unpaired) electrons. The number of ether oxygens (including phenoxy) is 1. The van der Waals surface area contributed by atoms with E-state index in [9.17, 15) is 23.6 Å². The van der Waals surface area contributed by atoms with Gasteiger partial charge in [-0.2, -0.15) is 0 Å². The molecule has 4 rings (SSSR count). The van der Waals surface area contributed by atoms with Crippen LogP contribution >= 0.6 is 11.6 Å². The zero-order valence-corrected chi connectivity index (χ0v) is 19.6. The topological polar surface area (TPSA) is 106 Å². The highest BCUT2D eigenvalue weighted by Crippen LogP contribution is 2.55. The van der Waals surface area contributed by atoms with Crippen LogP contribution in [0.25, 0.3) is 5.69 Å².